The molecule has 2 aromatic rings. The Balaban J connectivity index is 2.12. The molecular formula is C16H19NO2. The van der Waals surface area contributed by atoms with Gasteiger partial charge in [-0.2, -0.15) is 0 Å². The van der Waals surface area contributed by atoms with Crippen LogP contribution in [0.1, 0.15) is 25.2 Å². The topological polar surface area (TPSA) is 33.5 Å². The van der Waals surface area contributed by atoms with Crippen LogP contribution >= 0.6 is 0 Å². The van der Waals surface area contributed by atoms with Crippen LogP contribution in [0.25, 0.3) is 0 Å². The zero-order valence-corrected chi connectivity index (χ0v) is 11.4. The summed E-state index contributed by atoms with van der Waals surface area (Å²) < 4.78 is 5.34. The SMILES string of the molecule is CC(C)C(=O)N(Cc1ccccc1)Cc1ccco1. The van der Waals surface area contributed by atoms with Crippen molar-refractivity contribution in [1.29, 1.82) is 0 Å². The smallest absolute Gasteiger partial charge is 0.225 e. The maximum absolute atomic E-state index is 12.3. The van der Waals surface area contributed by atoms with Crippen molar-refractivity contribution in [1.82, 2.24) is 4.90 Å². The molecule has 1 heterocycles. The van der Waals surface area contributed by atoms with E-state index in [0.29, 0.717) is 13.1 Å². The van der Waals surface area contributed by atoms with Crippen LogP contribution in [0.5, 0.6) is 0 Å². The van der Waals surface area contributed by atoms with Gasteiger partial charge in [0.15, 0.2) is 0 Å². The number of rotatable bonds is 5. The highest BCUT2D eigenvalue weighted by molar-refractivity contribution is 5.78. The summed E-state index contributed by atoms with van der Waals surface area (Å²) in [7, 11) is 0. The number of amides is 1. The highest BCUT2D eigenvalue weighted by atomic mass is 16.3. The maximum atomic E-state index is 12.3. The van der Waals surface area contributed by atoms with Gasteiger partial charge in [-0.3, -0.25) is 4.79 Å². The Bertz CT molecular complexity index is 503. The fourth-order valence-corrected chi connectivity index (χ4v) is 1.97. The third-order valence-corrected chi connectivity index (χ3v) is 2.95. The first-order valence-corrected chi connectivity index (χ1v) is 6.52. The average molecular weight is 257 g/mol. The summed E-state index contributed by atoms with van der Waals surface area (Å²) >= 11 is 0. The second-order valence-corrected chi connectivity index (χ2v) is 4.91. The van der Waals surface area contributed by atoms with Crippen LogP contribution in [0.2, 0.25) is 0 Å². The van der Waals surface area contributed by atoms with Gasteiger partial charge in [0.1, 0.15) is 5.76 Å². The molecule has 0 saturated heterocycles. The molecule has 1 aromatic heterocycles. The Labute approximate surface area is 113 Å². The van der Waals surface area contributed by atoms with Gasteiger partial charge in [0.25, 0.3) is 0 Å². The predicted molar refractivity (Wildman–Crippen MR) is 74.2 cm³/mol. The molecule has 0 atom stereocenters. The molecule has 1 amide bonds. The van der Waals surface area contributed by atoms with Crippen LogP contribution < -0.4 is 0 Å². The molecule has 0 aliphatic rings. The van der Waals surface area contributed by atoms with Crippen LogP contribution in [0.3, 0.4) is 0 Å². The Kier molecular flexibility index (Phi) is 4.39. The van der Waals surface area contributed by atoms with Gasteiger partial charge in [-0.05, 0) is 17.7 Å². The van der Waals surface area contributed by atoms with Gasteiger partial charge >= 0.3 is 0 Å². The molecule has 0 N–H and O–H groups in total. The lowest BCUT2D eigenvalue weighted by molar-refractivity contribution is -0.136. The van der Waals surface area contributed by atoms with E-state index >= 15 is 0 Å². The standard InChI is InChI=1S/C16H19NO2/c1-13(2)16(18)17(12-15-9-6-10-19-15)11-14-7-4-3-5-8-14/h3-10,13H,11-12H2,1-2H3. The maximum Gasteiger partial charge on any atom is 0.225 e. The van der Waals surface area contributed by atoms with Crippen LogP contribution in [0.4, 0.5) is 0 Å². The lowest BCUT2D eigenvalue weighted by Gasteiger charge is -2.23. The first-order chi connectivity index (χ1) is 9.16. The molecule has 19 heavy (non-hydrogen) atoms. The zero-order chi connectivity index (χ0) is 13.7. The summed E-state index contributed by atoms with van der Waals surface area (Å²) in [6.45, 7) is 4.96. The normalized spacial score (nSPS) is 10.7. The molecule has 2 rings (SSSR count). The summed E-state index contributed by atoms with van der Waals surface area (Å²) in [5.74, 6) is 0.934. The van der Waals surface area contributed by atoms with Gasteiger partial charge in [-0.1, -0.05) is 44.2 Å². The van der Waals surface area contributed by atoms with E-state index in [1.54, 1.807) is 6.26 Å². The summed E-state index contributed by atoms with van der Waals surface area (Å²) in [6, 6.07) is 13.7. The number of hydrogen-bond acceptors (Lipinski definition) is 2. The average Bonchev–Trinajstić information content (AvgIpc) is 2.91. The molecule has 1 aromatic carbocycles. The van der Waals surface area contributed by atoms with Crippen LogP contribution in [-0.2, 0) is 17.9 Å². The van der Waals surface area contributed by atoms with Gasteiger partial charge in [0, 0.05) is 12.5 Å². The van der Waals surface area contributed by atoms with Crippen molar-refractivity contribution in [3.8, 4) is 0 Å². The summed E-state index contributed by atoms with van der Waals surface area (Å²) in [5.41, 5.74) is 1.13. The third-order valence-electron chi connectivity index (χ3n) is 2.95. The number of benzene rings is 1. The molecule has 0 radical (unpaired) electrons. The van der Waals surface area contributed by atoms with Crippen molar-refractivity contribution in [2.24, 2.45) is 5.92 Å². The first kappa shape index (κ1) is 13.4. The highest BCUT2D eigenvalue weighted by Crippen LogP contribution is 2.13. The number of carbonyl (C=O) groups is 1. The van der Waals surface area contributed by atoms with E-state index in [1.807, 2.05) is 61.2 Å². The van der Waals surface area contributed by atoms with Crippen LogP contribution in [-0.4, -0.2) is 10.8 Å². The molecule has 3 heteroatoms. The van der Waals surface area contributed by atoms with Crippen molar-refractivity contribution in [2.75, 3.05) is 0 Å². The van der Waals surface area contributed by atoms with Crippen molar-refractivity contribution in [3.05, 3.63) is 60.1 Å². The first-order valence-electron chi connectivity index (χ1n) is 6.52. The lowest BCUT2D eigenvalue weighted by atomic mass is 10.1. The molecule has 0 saturated carbocycles. The number of furan rings is 1. The number of hydrogen-bond donors (Lipinski definition) is 0. The zero-order valence-electron chi connectivity index (χ0n) is 11.4. The van der Waals surface area contributed by atoms with Gasteiger partial charge < -0.3 is 9.32 Å². The molecule has 0 unspecified atom stereocenters. The summed E-state index contributed by atoms with van der Waals surface area (Å²) in [5, 5.41) is 0. The molecule has 0 spiro atoms. The van der Waals surface area contributed by atoms with E-state index in [0.717, 1.165) is 11.3 Å². The molecule has 0 bridgehead atoms. The molecular weight excluding hydrogens is 238 g/mol. The molecule has 3 nitrogen and oxygen atoms in total. The summed E-state index contributed by atoms with van der Waals surface area (Å²) in [4.78, 5) is 14.1. The largest absolute Gasteiger partial charge is 0.467 e. The fourth-order valence-electron chi connectivity index (χ4n) is 1.97. The van der Waals surface area contributed by atoms with Crippen molar-refractivity contribution < 1.29 is 9.21 Å². The third kappa shape index (κ3) is 3.71. The van der Waals surface area contributed by atoms with E-state index in [1.165, 1.54) is 0 Å². The molecule has 0 aliphatic carbocycles. The fraction of sp³-hybridized carbons (Fsp3) is 0.312. The highest BCUT2D eigenvalue weighted by Gasteiger charge is 2.18. The Morgan fingerprint density at radius 2 is 1.84 bits per heavy atom. The second-order valence-electron chi connectivity index (χ2n) is 4.91. The van der Waals surface area contributed by atoms with Crippen molar-refractivity contribution in [2.45, 2.75) is 26.9 Å². The minimum Gasteiger partial charge on any atom is -0.467 e. The van der Waals surface area contributed by atoms with E-state index in [2.05, 4.69) is 0 Å². The Morgan fingerprint density at radius 1 is 1.11 bits per heavy atom. The van der Waals surface area contributed by atoms with Gasteiger partial charge in [-0.25, -0.2) is 0 Å². The van der Waals surface area contributed by atoms with E-state index in [9.17, 15) is 4.79 Å². The van der Waals surface area contributed by atoms with Crippen molar-refractivity contribution >= 4 is 5.91 Å². The minimum atomic E-state index is -0.0151. The molecule has 0 aliphatic heterocycles. The van der Waals surface area contributed by atoms with Crippen molar-refractivity contribution in [3.63, 3.8) is 0 Å². The minimum absolute atomic E-state index is 0.0151. The Morgan fingerprint density at radius 3 is 2.42 bits per heavy atom. The van der Waals surface area contributed by atoms with E-state index in [-0.39, 0.29) is 11.8 Å². The second kappa shape index (κ2) is 6.23. The van der Waals surface area contributed by atoms with Crippen LogP contribution in [0, 0.1) is 5.92 Å². The van der Waals surface area contributed by atoms with E-state index < -0.39 is 0 Å². The molecule has 0 fully saturated rings. The lowest BCUT2D eigenvalue weighted by Crippen LogP contribution is -2.33. The predicted octanol–water partition coefficient (Wildman–Crippen LogP) is 3.46. The quantitative estimate of drug-likeness (QED) is 0.821. The van der Waals surface area contributed by atoms with Gasteiger partial charge in [0.2, 0.25) is 5.91 Å². The van der Waals surface area contributed by atoms with Crippen LogP contribution in [0.15, 0.2) is 53.1 Å². The number of nitrogens with zero attached hydrogens (tertiary/aromatic N) is 1. The van der Waals surface area contributed by atoms with Gasteiger partial charge in [-0.15, -0.1) is 0 Å². The van der Waals surface area contributed by atoms with E-state index in [4.69, 9.17) is 4.42 Å². The molecule has 100 valence electrons. The Hall–Kier alpha value is -2.03. The summed E-state index contributed by atoms with van der Waals surface area (Å²) in [6.07, 6.45) is 1.63. The number of carbonyl (C=O) groups excluding carboxylic acids is 1. The van der Waals surface area contributed by atoms with Gasteiger partial charge in [0.05, 0.1) is 12.8 Å². The monoisotopic (exact) mass is 257 g/mol.